The highest BCUT2D eigenvalue weighted by Gasteiger charge is 2.02. The Bertz CT molecular complexity index is 330. The molecule has 0 aromatic carbocycles. The lowest BCUT2D eigenvalue weighted by atomic mass is 10.1. The quantitative estimate of drug-likeness (QED) is 0.330. The number of aliphatic hydroxyl groups excluding tert-OH is 2. The van der Waals surface area contributed by atoms with E-state index in [2.05, 4.69) is 16.6 Å². The molecule has 0 aromatic rings. The topological polar surface area (TPSA) is 66.8 Å². The largest absolute Gasteiger partial charge is 0.469 e. The maximum Gasteiger partial charge on any atom is 0.305 e. The molecule has 4 heteroatoms. The van der Waals surface area contributed by atoms with E-state index in [4.69, 9.17) is 0 Å². The van der Waals surface area contributed by atoms with Crippen molar-refractivity contribution in [3.05, 3.63) is 0 Å². The fourth-order valence-electron chi connectivity index (χ4n) is 2.22. The summed E-state index contributed by atoms with van der Waals surface area (Å²) in [4.78, 5) is 10.9. The van der Waals surface area contributed by atoms with Crippen LogP contribution in [0, 0.1) is 11.8 Å². The summed E-state index contributed by atoms with van der Waals surface area (Å²) in [5, 5.41) is 19.2. The summed E-state index contributed by atoms with van der Waals surface area (Å²) in [5.74, 6) is 5.52. The van der Waals surface area contributed by atoms with Crippen molar-refractivity contribution in [2.24, 2.45) is 0 Å². The smallest absolute Gasteiger partial charge is 0.305 e. The SMILES string of the molecule is CCCC(O)CC#CC(O)CCCCCCCCC(=O)OC. The first kappa shape index (κ1) is 20.9. The van der Waals surface area contributed by atoms with Gasteiger partial charge in [-0.25, -0.2) is 0 Å². The molecule has 2 unspecified atom stereocenters. The fourth-order valence-corrected chi connectivity index (χ4v) is 2.22. The van der Waals surface area contributed by atoms with E-state index < -0.39 is 6.10 Å². The number of aliphatic hydroxyl groups is 2. The van der Waals surface area contributed by atoms with Crippen LogP contribution < -0.4 is 0 Å². The zero-order chi connectivity index (χ0) is 16.6. The minimum Gasteiger partial charge on any atom is -0.469 e. The van der Waals surface area contributed by atoms with Gasteiger partial charge in [0, 0.05) is 12.8 Å². The molecule has 0 bridgehead atoms. The Balaban J connectivity index is 3.44. The van der Waals surface area contributed by atoms with Crippen LogP contribution in [0.2, 0.25) is 0 Å². The van der Waals surface area contributed by atoms with Crippen molar-refractivity contribution in [3.63, 3.8) is 0 Å². The lowest BCUT2D eigenvalue weighted by Crippen LogP contribution is -2.06. The average Bonchev–Trinajstić information content (AvgIpc) is 2.49. The average molecular weight is 312 g/mol. The number of unbranched alkanes of at least 4 members (excludes halogenated alkanes) is 5. The number of esters is 1. The first-order valence-electron chi connectivity index (χ1n) is 8.51. The third-order valence-corrected chi connectivity index (χ3v) is 3.56. The van der Waals surface area contributed by atoms with E-state index in [1.807, 2.05) is 6.92 Å². The molecule has 0 fully saturated rings. The van der Waals surface area contributed by atoms with E-state index in [0.29, 0.717) is 19.3 Å². The molecule has 0 amide bonds. The number of carbonyl (C=O) groups excluding carboxylic acids is 1. The van der Waals surface area contributed by atoms with Crippen molar-refractivity contribution in [2.75, 3.05) is 7.11 Å². The second-order valence-electron chi connectivity index (χ2n) is 5.72. The summed E-state index contributed by atoms with van der Waals surface area (Å²) in [6.07, 6.45) is 8.64. The van der Waals surface area contributed by atoms with Crippen molar-refractivity contribution in [2.45, 2.75) is 89.8 Å². The Morgan fingerprint density at radius 1 is 1.05 bits per heavy atom. The van der Waals surface area contributed by atoms with Crippen molar-refractivity contribution >= 4 is 5.97 Å². The van der Waals surface area contributed by atoms with Crippen LogP contribution in [0.3, 0.4) is 0 Å². The summed E-state index contributed by atoms with van der Waals surface area (Å²) < 4.78 is 4.59. The molecule has 0 aromatic heterocycles. The van der Waals surface area contributed by atoms with E-state index in [-0.39, 0.29) is 12.1 Å². The van der Waals surface area contributed by atoms with Gasteiger partial charge in [-0.2, -0.15) is 0 Å². The second kappa shape index (κ2) is 14.9. The van der Waals surface area contributed by atoms with Crippen LogP contribution in [0.25, 0.3) is 0 Å². The summed E-state index contributed by atoms with van der Waals surface area (Å²) in [6.45, 7) is 2.03. The third-order valence-electron chi connectivity index (χ3n) is 3.56. The van der Waals surface area contributed by atoms with Gasteiger partial charge < -0.3 is 14.9 Å². The summed E-state index contributed by atoms with van der Waals surface area (Å²) in [5.41, 5.74) is 0. The first-order chi connectivity index (χ1) is 10.6. The minimum absolute atomic E-state index is 0.134. The van der Waals surface area contributed by atoms with Crippen LogP contribution in [0.5, 0.6) is 0 Å². The van der Waals surface area contributed by atoms with Gasteiger partial charge in [0.1, 0.15) is 6.10 Å². The van der Waals surface area contributed by atoms with Gasteiger partial charge in [-0.3, -0.25) is 4.79 Å². The lowest BCUT2D eigenvalue weighted by Gasteiger charge is -2.05. The van der Waals surface area contributed by atoms with E-state index in [1.165, 1.54) is 7.11 Å². The Hall–Kier alpha value is -1.05. The van der Waals surface area contributed by atoms with Gasteiger partial charge in [0.2, 0.25) is 0 Å². The number of rotatable bonds is 12. The van der Waals surface area contributed by atoms with Crippen LogP contribution >= 0.6 is 0 Å². The molecular weight excluding hydrogens is 280 g/mol. The zero-order valence-electron chi connectivity index (χ0n) is 14.1. The maximum absolute atomic E-state index is 10.9. The predicted octanol–water partition coefficient (Wildman–Crippen LogP) is 3.20. The van der Waals surface area contributed by atoms with Crippen LogP contribution in [0.4, 0.5) is 0 Å². The Kier molecular flexibility index (Phi) is 14.2. The molecule has 0 aliphatic carbocycles. The molecule has 0 spiro atoms. The summed E-state index contributed by atoms with van der Waals surface area (Å²) >= 11 is 0. The zero-order valence-corrected chi connectivity index (χ0v) is 14.1. The predicted molar refractivity (Wildman–Crippen MR) is 88.3 cm³/mol. The number of hydrogen-bond donors (Lipinski definition) is 2. The Labute approximate surface area is 135 Å². The highest BCUT2D eigenvalue weighted by molar-refractivity contribution is 5.68. The molecule has 22 heavy (non-hydrogen) atoms. The standard InChI is InChI=1S/C18H32O4/c1-3-11-16(19)13-10-14-17(20)12-8-6-4-5-7-9-15-18(21)22-2/h16-17,19-20H,3-9,11-13,15H2,1-2H3. The summed E-state index contributed by atoms with van der Waals surface area (Å²) in [6, 6.07) is 0. The van der Waals surface area contributed by atoms with Crippen LogP contribution in [-0.2, 0) is 9.53 Å². The van der Waals surface area contributed by atoms with Gasteiger partial charge in [0.25, 0.3) is 0 Å². The number of hydrogen-bond acceptors (Lipinski definition) is 4. The van der Waals surface area contributed by atoms with Crippen LogP contribution in [-0.4, -0.2) is 35.5 Å². The van der Waals surface area contributed by atoms with Gasteiger partial charge in [0.05, 0.1) is 13.2 Å². The normalized spacial score (nSPS) is 13.1. The highest BCUT2D eigenvalue weighted by atomic mass is 16.5. The van der Waals surface area contributed by atoms with Gasteiger partial charge in [-0.1, -0.05) is 50.9 Å². The van der Waals surface area contributed by atoms with Gasteiger partial charge in [-0.05, 0) is 25.7 Å². The van der Waals surface area contributed by atoms with Crippen LogP contribution in [0.1, 0.15) is 77.6 Å². The molecule has 2 N–H and O–H groups in total. The van der Waals surface area contributed by atoms with Crippen molar-refractivity contribution in [3.8, 4) is 11.8 Å². The number of methoxy groups -OCH3 is 1. The fraction of sp³-hybridized carbons (Fsp3) is 0.833. The molecule has 0 rings (SSSR count). The molecule has 0 aliphatic rings. The molecule has 2 atom stereocenters. The molecule has 0 heterocycles. The Morgan fingerprint density at radius 2 is 1.68 bits per heavy atom. The van der Waals surface area contributed by atoms with Gasteiger partial charge >= 0.3 is 5.97 Å². The monoisotopic (exact) mass is 312 g/mol. The first-order valence-corrected chi connectivity index (χ1v) is 8.51. The van der Waals surface area contributed by atoms with Crippen LogP contribution in [0.15, 0.2) is 0 Å². The number of carbonyl (C=O) groups is 1. The van der Waals surface area contributed by atoms with Gasteiger partial charge in [-0.15, -0.1) is 0 Å². The molecular formula is C18H32O4. The van der Waals surface area contributed by atoms with E-state index in [1.54, 1.807) is 0 Å². The summed E-state index contributed by atoms with van der Waals surface area (Å²) in [7, 11) is 1.42. The molecule has 0 aliphatic heterocycles. The lowest BCUT2D eigenvalue weighted by molar-refractivity contribution is -0.140. The second-order valence-corrected chi connectivity index (χ2v) is 5.72. The minimum atomic E-state index is -0.576. The van der Waals surface area contributed by atoms with Crippen molar-refractivity contribution in [1.29, 1.82) is 0 Å². The van der Waals surface area contributed by atoms with Gasteiger partial charge in [0.15, 0.2) is 0 Å². The number of ether oxygens (including phenoxy) is 1. The molecule has 0 saturated carbocycles. The van der Waals surface area contributed by atoms with E-state index in [9.17, 15) is 15.0 Å². The van der Waals surface area contributed by atoms with Crippen molar-refractivity contribution < 1.29 is 19.7 Å². The van der Waals surface area contributed by atoms with E-state index in [0.717, 1.165) is 51.4 Å². The Morgan fingerprint density at radius 3 is 2.32 bits per heavy atom. The van der Waals surface area contributed by atoms with E-state index >= 15 is 0 Å². The molecule has 128 valence electrons. The van der Waals surface area contributed by atoms with Crippen molar-refractivity contribution in [1.82, 2.24) is 0 Å². The molecule has 0 saturated heterocycles. The molecule has 4 nitrogen and oxygen atoms in total. The third kappa shape index (κ3) is 13.9. The highest BCUT2D eigenvalue weighted by Crippen LogP contribution is 2.10. The maximum atomic E-state index is 10.9. The molecule has 0 radical (unpaired) electrons.